The smallest absolute Gasteiger partial charge is 0.0497 e. The van der Waals surface area contributed by atoms with Crippen molar-refractivity contribution >= 4 is 5.69 Å². The fourth-order valence-corrected chi connectivity index (χ4v) is 1.21. The number of anilines is 1. The highest BCUT2D eigenvalue weighted by Gasteiger charge is 2.03. The standard InChI is InChI=1S/C11H17NO/c1-9(8-13)10-4-6-11(7-5-10)12(2)3/h4-7,9,13H,8H2,1-3H3/t9-/m1/s1. The van der Waals surface area contributed by atoms with E-state index in [2.05, 4.69) is 29.2 Å². The summed E-state index contributed by atoms with van der Waals surface area (Å²) in [5.41, 5.74) is 2.38. The van der Waals surface area contributed by atoms with Gasteiger partial charge < -0.3 is 10.0 Å². The Labute approximate surface area is 79.8 Å². The van der Waals surface area contributed by atoms with Crippen LogP contribution in [-0.2, 0) is 0 Å². The van der Waals surface area contributed by atoms with Gasteiger partial charge in [0.1, 0.15) is 0 Å². The van der Waals surface area contributed by atoms with Gasteiger partial charge in [-0.25, -0.2) is 0 Å². The first-order valence-electron chi connectivity index (χ1n) is 4.53. The Morgan fingerprint density at radius 1 is 1.23 bits per heavy atom. The van der Waals surface area contributed by atoms with Gasteiger partial charge in [-0.3, -0.25) is 0 Å². The largest absolute Gasteiger partial charge is 0.396 e. The van der Waals surface area contributed by atoms with Crippen LogP contribution in [0.25, 0.3) is 0 Å². The fourth-order valence-electron chi connectivity index (χ4n) is 1.21. The number of nitrogens with zero attached hydrogens (tertiary/aromatic N) is 1. The van der Waals surface area contributed by atoms with Crippen molar-refractivity contribution in [1.82, 2.24) is 0 Å². The van der Waals surface area contributed by atoms with Crippen molar-refractivity contribution < 1.29 is 5.11 Å². The predicted octanol–water partition coefficient (Wildman–Crippen LogP) is 1.85. The van der Waals surface area contributed by atoms with Gasteiger partial charge in [-0.15, -0.1) is 0 Å². The molecule has 1 rings (SSSR count). The van der Waals surface area contributed by atoms with E-state index in [0.717, 1.165) is 0 Å². The van der Waals surface area contributed by atoms with Gasteiger partial charge in [-0.05, 0) is 17.7 Å². The lowest BCUT2D eigenvalue weighted by Gasteiger charge is -2.14. The Hall–Kier alpha value is -1.02. The Bertz CT molecular complexity index is 253. The van der Waals surface area contributed by atoms with E-state index in [0.29, 0.717) is 0 Å². The molecule has 1 aromatic rings. The second-order valence-electron chi connectivity index (χ2n) is 3.57. The molecule has 0 saturated carbocycles. The lowest BCUT2D eigenvalue weighted by molar-refractivity contribution is 0.273. The minimum absolute atomic E-state index is 0.210. The van der Waals surface area contributed by atoms with Crippen LogP contribution in [0.5, 0.6) is 0 Å². The summed E-state index contributed by atoms with van der Waals surface area (Å²) in [6.07, 6.45) is 0. The first kappa shape index (κ1) is 10.1. The van der Waals surface area contributed by atoms with Gasteiger partial charge in [-0.1, -0.05) is 19.1 Å². The van der Waals surface area contributed by atoms with Crippen molar-refractivity contribution in [2.24, 2.45) is 0 Å². The molecule has 1 atom stereocenters. The maximum Gasteiger partial charge on any atom is 0.0497 e. The van der Waals surface area contributed by atoms with Crippen LogP contribution in [0.2, 0.25) is 0 Å². The number of aliphatic hydroxyl groups excluding tert-OH is 1. The van der Waals surface area contributed by atoms with Crippen molar-refractivity contribution in [2.75, 3.05) is 25.6 Å². The van der Waals surface area contributed by atoms with E-state index in [1.165, 1.54) is 11.3 Å². The van der Waals surface area contributed by atoms with Gasteiger partial charge in [0.2, 0.25) is 0 Å². The number of rotatable bonds is 3. The molecular weight excluding hydrogens is 162 g/mol. The second kappa shape index (κ2) is 4.28. The first-order chi connectivity index (χ1) is 6.15. The molecule has 0 aliphatic rings. The van der Waals surface area contributed by atoms with Crippen LogP contribution in [0.15, 0.2) is 24.3 Å². The molecule has 0 heterocycles. The van der Waals surface area contributed by atoms with Crippen LogP contribution in [-0.4, -0.2) is 25.8 Å². The molecule has 13 heavy (non-hydrogen) atoms. The SMILES string of the molecule is C[C@H](CO)c1ccc(N(C)C)cc1. The molecular formula is C11H17NO. The molecule has 0 radical (unpaired) electrons. The summed E-state index contributed by atoms with van der Waals surface area (Å²) in [7, 11) is 4.04. The van der Waals surface area contributed by atoms with Crippen LogP contribution < -0.4 is 4.90 Å². The van der Waals surface area contributed by atoms with Gasteiger partial charge in [0, 0.05) is 32.3 Å². The highest BCUT2D eigenvalue weighted by Crippen LogP contribution is 2.18. The Kier molecular flexibility index (Phi) is 3.32. The minimum atomic E-state index is 0.210. The molecule has 0 unspecified atom stereocenters. The molecule has 0 aromatic heterocycles. The third-order valence-corrected chi connectivity index (χ3v) is 2.25. The monoisotopic (exact) mass is 179 g/mol. The molecule has 0 spiro atoms. The fraction of sp³-hybridized carbons (Fsp3) is 0.455. The molecule has 2 heteroatoms. The van der Waals surface area contributed by atoms with Gasteiger partial charge in [0.25, 0.3) is 0 Å². The lowest BCUT2D eigenvalue weighted by atomic mass is 10.0. The second-order valence-corrected chi connectivity index (χ2v) is 3.57. The first-order valence-corrected chi connectivity index (χ1v) is 4.53. The summed E-state index contributed by atoms with van der Waals surface area (Å²) in [4.78, 5) is 2.06. The summed E-state index contributed by atoms with van der Waals surface area (Å²) in [6, 6.07) is 8.27. The maximum absolute atomic E-state index is 8.96. The molecule has 0 aliphatic heterocycles. The highest BCUT2D eigenvalue weighted by atomic mass is 16.3. The topological polar surface area (TPSA) is 23.5 Å². The minimum Gasteiger partial charge on any atom is -0.396 e. The highest BCUT2D eigenvalue weighted by molar-refractivity contribution is 5.46. The van der Waals surface area contributed by atoms with Crippen LogP contribution >= 0.6 is 0 Å². The molecule has 1 N–H and O–H groups in total. The van der Waals surface area contributed by atoms with Gasteiger partial charge >= 0.3 is 0 Å². The Balaban J connectivity index is 2.81. The van der Waals surface area contributed by atoms with E-state index in [4.69, 9.17) is 5.11 Å². The average Bonchev–Trinajstić information content (AvgIpc) is 2.17. The lowest BCUT2D eigenvalue weighted by Crippen LogP contribution is -2.08. The number of hydrogen-bond acceptors (Lipinski definition) is 2. The summed E-state index contributed by atoms with van der Waals surface area (Å²) in [5.74, 6) is 0.233. The third-order valence-electron chi connectivity index (χ3n) is 2.25. The molecule has 0 aliphatic carbocycles. The normalized spacial score (nSPS) is 12.6. The van der Waals surface area contributed by atoms with Crippen LogP contribution in [0.4, 0.5) is 5.69 Å². The van der Waals surface area contributed by atoms with Crippen LogP contribution in [0.1, 0.15) is 18.4 Å². The van der Waals surface area contributed by atoms with Crippen LogP contribution in [0.3, 0.4) is 0 Å². The zero-order valence-corrected chi connectivity index (χ0v) is 8.49. The summed E-state index contributed by atoms with van der Waals surface area (Å²) < 4.78 is 0. The summed E-state index contributed by atoms with van der Waals surface area (Å²) >= 11 is 0. The number of hydrogen-bond donors (Lipinski definition) is 1. The molecule has 72 valence electrons. The molecule has 0 saturated heterocycles. The number of benzene rings is 1. The van der Waals surface area contributed by atoms with E-state index in [9.17, 15) is 0 Å². The van der Waals surface area contributed by atoms with Crippen molar-refractivity contribution in [3.05, 3.63) is 29.8 Å². The number of aliphatic hydroxyl groups is 1. The van der Waals surface area contributed by atoms with Gasteiger partial charge in [-0.2, -0.15) is 0 Å². The van der Waals surface area contributed by atoms with E-state index in [-0.39, 0.29) is 12.5 Å². The van der Waals surface area contributed by atoms with Crippen molar-refractivity contribution in [3.8, 4) is 0 Å². The van der Waals surface area contributed by atoms with E-state index >= 15 is 0 Å². The van der Waals surface area contributed by atoms with Crippen molar-refractivity contribution in [3.63, 3.8) is 0 Å². The van der Waals surface area contributed by atoms with E-state index in [1.54, 1.807) is 0 Å². The van der Waals surface area contributed by atoms with Crippen LogP contribution in [0, 0.1) is 0 Å². The van der Waals surface area contributed by atoms with Crippen molar-refractivity contribution in [2.45, 2.75) is 12.8 Å². The third kappa shape index (κ3) is 2.46. The zero-order chi connectivity index (χ0) is 9.84. The quantitative estimate of drug-likeness (QED) is 0.765. The van der Waals surface area contributed by atoms with Gasteiger partial charge in [0.15, 0.2) is 0 Å². The van der Waals surface area contributed by atoms with Crippen molar-refractivity contribution in [1.29, 1.82) is 0 Å². The Morgan fingerprint density at radius 3 is 2.15 bits per heavy atom. The average molecular weight is 179 g/mol. The zero-order valence-electron chi connectivity index (χ0n) is 8.49. The maximum atomic E-state index is 8.96. The van der Waals surface area contributed by atoms with Gasteiger partial charge in [0.05, 0.1) is 0 Å². The Morgan fingerprint density at radius 2 is 1.77 bits per heavy atom. The predicted molar refractivity (Wildman–Crippen MR) is 56.3 cm³/mol. The molecule has 1 aromatic carbocycles. The van der Waals surface area contributed by atoms with E-state index in [1.807, 2.05) is 21.0 Å². The summed E-state index contributed by atoms with van der Waals surface area (Å²) in [5, 5.41) is 8.96. The molecule has 0 bridgehead atoms. The summed E-state index contributed by atoms with van der Waals surface area (Å²) in [6.45, 7) is 2.23. The molecule has 0 fully saturated rings. The van der Waals surface area contributed by atoms with E-state index < -0.39 is 0 Å². The molecule has 2 nitrogen and oxygen atoms in total. The molecule has 0 amide bonds.